The highest BCUT2D eigenvalue weighted by Gasteiger charge is 2.29. The zero-order valence-electron chi connectivity index (χ0n) is 18.3. The predicted octanol–water partition coefficient (Wildman–Crippen LogP) is 4.60. The Hall–Kier alpha value is -2.44. The van der Waals surface area contributed by atoms with Crippen molar-refractivity contribution in [3.8, 4) is 0 Å². The van der Waals surface area contributed by atoms with Crippen LogP contribution in [0.3, 0.4) is 0 Å². The Kier molecular flexibility index (Phi) is 6.88. The molecule has 164 valence electrons. The largest absolute Gasteiger partial charge is 0.354 e. The molecule has 1 aromatic carbocycles. The van der Waals surface area contributed by atoms with Crippen LogP contribution < -0.4 is 5.32 Å². The SMILES string of the molecule is CC(=O)N1C=Cc2ccccc2C1CC(=O)NCC(c1cccs1)N1CCC(C)CC1. The third-order valence-electron chi connectivity index (χ3n) is 6.47. The maximum Gasteiger partial charge on any atom is 0.223 e. The lowest BCUT2D eigenvalue weighted by Gasteiger charge is -2.36. The Bertz CT molecular complexity index is 932. The number of nitrogens with zero attached hydrogens (tertiary/aromatic N) is 2. The van der Waals surface area contributed by atoms with Crippen molar-refractivity contribution in [2.75, 3.05) is 19.6 Å². The fourth-order valence-electron chi connectivity index (χ4n) is 4.60. The van der Waals surface area contributed by atoms with Crippen molar-refractivity contribution in [2.45, 2.75) is 45.2 Å². The van der Waals surface area contributed by atoms with Crippen molar-refractivity contribution in [2.24, 2.45) is 5.92 Å². The predicted molar refractivity (Wildman–Crippen MR) is 125 cm³/mol. The summed E-state index contributed by atoms with van der Waals surface area (Å²) in [5.41, 5.74) is 2.09. The van der Waals surface area contributed by atoms with Crippen LogP contribution in [-0.4, -0.2) is 41.2 Å². The number of likely N-dealkylation sites (tertiary alicyclic amines) is 1. The van der Waals surface area contributed by atoms with Gasteiger partial charge in [0.1, 0.15) is 0 Å². The number of carbonyl (C=O) groups is 2. The van der Waals surface area contributed by atoms with Gasteiger partial charge in [-0.2, -0.15) is 0 Å². The summed E-state index contributed by atoms with van der Waals surface area (Å²) in [5, 5.41) is 5.29. The number of rotatable bonds is 6. The summed E-state index contributed by atoms with van der Waals surface area (Å²) in [4.78, 5) is 30.7. The zero-order valence-corrected chi connectivity index (χ0v) is 19.1. The number of benzene rings is 1. The molecular formula is C25H31N3O2S. The maximum atomic E-state index is 13.0. The van der Waals surface area contributed by atoms with Gasteiger partial charge in [0.05, 0.1) is 18.5 Å². The lowest BCUT2D eigenvalue weighted by molar-refractivity contribution is -0.130. The van der Waals surface area contributed by atoms with Crippen LogP contribution in [0, 0.1) is 5.92 Å². The average molecular weight is 438 g/mol. The average Bonchev–Trinajstić information content (AvgIpc) is 3.29. The fraction of sp³-hybridized carbons (Fsp3) is 0.440. The van der Waals surface area contributed by atoms with Gasteiger partial charge < -0.3 is 10.2 Å². The van der Waals surface area contributed by atoms with Crippen LogP contribution in [0.25, 0.3) is 6.08 Å². The minimum absolute atomic E-state index is 0.0201. The second-order valence-electron chi connectivity index (χ2n) is 8.64. The molecule has 1 aromatic heterocycles. The van der Waals surface area contributed by atoms with Gasteiger partial charge in [-0.25, -0.2) is 0 Å². The second-order valence-corrected chi connectivity index (χ2v) is 9.62. The number of piperidine rings is 1. The third-order valence-corrected chi connectivity index (χ3v) is 7.44. The Labute approximate surface area is 188 Å². The molecule has 31 heavy (non-hydrogen) atoms. The molecule has 2 aromatic rings. The Morgan fingerprint density at radius 1 is 1.16 bits per heavy atom. The summed E-state index contributed by atoms with van der Waals surface area (Å²) in [5.74, 6) is 0.697. The Morgan fingerprint density at radius 2 is 1.94 bits per heavy atom. The molecule has 2 aliphatic heterocycles. The van der Waals surface area contributed by atoms with Crippen LogP contribution in [0.15, 0.2) is 48.0 Å². The highest BCUT2D eigenvalue weighted by molar-refractivity contribution is 7.10. The number of amides is 2. The van der Waals surface area contributed by atoms with Gasteiger partial charge in [0, 0.05) is 24.5 Å². The summed E-state index contributed by atoms with van der Waals surface area (Å²) in [6, 6.07) is 12.2. The van der Waals surface area contributed by atoms with Gasteiger partial charge in [-0.15, -0.1) is 11.3 Å². The maximum absolute atomic E-state index is 13.0. The molecule has 2 atom stereocenters. The molecule has 1 fully saturated rings. The molecule has 0 saturated carbocycles. The van der Waals surface area contributed by atoms with Crippen molar-refractivity contribution >= 4 is 29.2 Å². The van der Waals surface area contributed by atoms with Gasteiger partial charge >= 0.3 is 0 Å². The number of fused-ring (bicyclic) bond motifs is 1. The molecule has 2 aliphatic rings. The molecule has 0 aliphatic carbocycles. The van der Waals surface area contributed by atoms with Gasteiger partial charge in [-0.05, 0) is 60.5 Å². The van der Waals surface area contributed by atoms with Crippen LogP contribution in [-0.2, 0) is 9.59 Å². The topological polar surface area (TPSA) is 52.7 Å². The highest BCUT2D eigenvalue weighted by atomic mass is 32.1. The van der Waals surface area contributed by atoms with E-state index >= 15 is 0 Å². The normalized spacial score (nSPS) is 20.3. The highest BCUT2D eigenvalue weighted by Crippen LogP contribution is 2.33. The van der Waals surface area contributed by atoms with Gasteiger partial charge in [-0.3, -0.25) is 14.5 Å². The van der Waals surface area contributed by atoms with Crippen LogP contribution in [0.2, 0.25) is 0 Å². The van der Waals surface area contributed by atoms with Crippen molar-refractivity contribution < 1.29 is 9.59 Å². The zero-order chi connectivity index (χ0) is 21.8. The molecule has 2 unspecified atom stereocenters. The van der Waals surface area contributed by atoms with E-state index in [-0.39, 0.29) is 30.3 Å². The first kappa shape index (κ1) is 21.8. The molecule has 5 nitrogen and oxygen atoms in total. The monoisotopic (exact) mass is 437 g/mol. The van der Waals surface area contributed by atoms with E-state index in [1.807, 2.05) is 30.3 Å². The molecule has 0 bridgehead atoms. The van der Waals surface area contributed by atoms with Crippen molar-refractivity contribution in [1.82, 2.24) is 15.1 Å². The summed E-state index contributed by atoms with van der Waals surface area (Å²) in [6.45, 7) is 6.60. The lowest BCUT2D eigenvalue weighted by Crippen LogP contribution is -2.42. The molecule has 1 saturated heterocycles. The lowest BCUT2D eigenvalue weighted by atomic mass is 9.93. The Balaban J connectivity index is 1.44. The fourth-order valence-corrected chi connectivity index (χ4v) is 5.46. The molecule has 0 radical (unpaired) electrons. The second kappa shape index (κ2) is 9.79. The van der Waals surface area contributed by atoms with Crippen molar-refractivity contribution in [3.05, 3.63) is 64.0 Å². The van der Waals surface area contributed by atoms with E-state index in [1.165, 1.54) is 17.7 Å². The van der Waals surface area contributed by atoms with Crippen LogP contribution >= 0.6 is 11.3 Å². The summed E-state index contributed by atoms with van der Waals surface area (Å²) in [7, 11) is 0. The molecule has 2 amide bonds. The number of carbonyl (C=O) groups excluding carboxylic acids is 2. The van der Waals surface area contributed by atoms with E-state index in [2.05, 4.69) is 34.7 Å². The van der Waals surface area contributed by atoms with Crippen LogP contribution in [0.5, 0.6) is 0 Å². The number of hydrogen-bond acceptors (Lipinski definition) is 4. The quantitative estimate of drug-likeness (QED) is 0.719. The van der Waals surface area contributed by atoms with E-state index in [1.54, 1.807) is 29.4 Å². The number of nitrogens with one attached hydrogen (secondary N) is 1. The van der Waals surface area contributed by atoms with E-state index in [4.69, 9.17) is 0 Å². The van der Waals surface area contributed by atoms with Crippen molar-refractivity contribution in [3.63, 3.8) is 0 Å². The minimum atomic E-state index is -0.269. The van der Waals surface area contributed by atoms with Gasteiger partial charge in [0.15, 0.2) is 0 Å². The molecule has 4 rings (SSSR count). The first-order chi connectivity index (χ1) is 15.0. The molecule has 3 heterocycles. The molecule has 1 N–H and O–H groups in total. The van der Waals surface area contributed by atoms with Crippen LogP contribution in [0.4, 0.5) is 0 Å². The van der Waals surface area contributed by atoms with E-state index in [0.29, 0.717) is 6.54 Å². The van der Waals surface area contributed by atoms with Gasteiger partial charge in [-0.1, -0.05) is 37.3 Å². The Morgan fingerprint density at radius 3 is 2.65 bits per heavy atom. The van der Waals surface area contributed by atoms with Gasteiger partial charge in [0.2, 0.25) is 11.8 Å². The minimum Gasteiger partial charge on any atom is -0.354 e. The van der Waals surface area contributed by atoms with E-state index < -0.39 is 0 Å². The first-order valence-electron chi connectivity index (χ1n) is 11.1. The summed E-state index contributed by atoms with van der Waals surface area (Å²) >= 11 is 1.75. The first-order valence-corrected chi connectivity index (χ1v) is 12.0. The molecule has 0 spiro atoms. The summed E-state index contributed by atoms with van der Waals surface area (Å²) in [6.07, 6.45) is 6.40. The standard InChI is InChI=1S/C25H31N3O2S/c1-18-9-12-27(13-10-18)23(24-8-5-15-31-24)17-26-25(30)16-22-21-7-4-3-6-20(21)11-14-28(22)19(2)29/h3-8,11,14-15,18,22-23H,9-10,12-13,16-17H2,1-2H3,(H,26,30). The molecule has 6 heteroatoms. The van der Waals surface area contributed by atoms with E-state index in [0.717, 1.165) is 30.1 Å². The number of hydrogen-bond donors (Lipinski definition) is 1. The summed E-state index contributed by atoms with van der Waals surface area (Å²) < 4.78 is 0. The number of thiophene rings is 1. The van der Waals surface area contributed by atoms with Crippen LogP contribution in [0.1, 0.15) is 61.2 Å². The third kappa shape index (κ3) is 5.08. The van der Waals surface area contributed by atoms with E-state index in [9.17, 15) is 9.59 Å². The van der Waals surface area contributed by atoms with Gasteiger partial charge in [0.25, 0.3) is 0 Å². The van der Waals surface area contributed by atoms with Crippen molar-refractivity contribution in [1.29, 1.82) is 0 Å². The molecular weight excluding hydrogens is 406 g/mol. The smallest absolute Gasteiger partial charge is 0.223 e.